The number of benzene rings is 1. The van der Waals surface area contributed by atoms with E-state index in [0.717, 1.165) is 3.57 Å². The summed E-state index contributed by atoms with van der Waals surface area (Å²) in [5.74, 6) is 0.402. The van der Waals surface area contributed by atoms with Crippen molar-refractivity contribution in [1.82, 2.24) is 9.97 Å². The number of anilines is 1. The number of hydrogen-bond donors (Lipinski definition) is 1. The molecule has 0 saturated heterocycles. The fourth-order valence-electron chi connectivity index (χ4n) is 1.68. The van der Waals surface area contributed by atoms with E-state index < -0.39 is 5.82 Å². The number of methoxy groups -OCH3 is 2. The van der Waals surface area contributed by atoms with E-state index in [4.69, 9.17) is 15.2 Å². The maximum atomic E-state index is 13.7. The maximum Gasteiger partial charge on any atom is 0.165 e. The molecule has 0 bridgehead atoms. The Balaban J connectivity index is 2.49. The average Bonchev–Trinajstić information content (AvgIpc) is 2.43. The smallest absolute Gasteiger partial charge is 0.165 e. The molecular formula is C13H13FIN3O2. The number of hydrogen-bond acceptors (Lipinski definition) is 5. The Morgan fingerprint density at radius 2 is 2.05 bits per heavy atom. The Morgan fingerprint density at radius 3 is 2.65 bits per heavy atom. The summed E-state index contributed by atoms with van der Waals surface area (Å²) < 4.78 is 24.4. The summed E-state index contributed by atoms with van der Waals surface area (Å²) in [5.41, 5.74) is 7.05. The molecular weight excluding hydrogens is 376 g/mol. The van der Waals surface area contributed by atoms with Crippen molar-refractivity contribution in [2.45, 2.75) is 6.61 Å². The van der Waals surface area contributed by atoms with Crippen LogP contribution in [0.2, 0.25) is 0 Å². The molecule has 0 amide bonds. The molecule has 1 heterocycles. The van der Waals surface area contributed by atoms with Gasteiger partial charge in [0.2, 0.25) is 0 Å². The third-order valence-electron chi connectivity index (χ3n) is 2.64. The van der Waals surface area contributed by atoms with Gasteiger partial charge in [-0.05, 0) is 40.8 Å². The summed E-state index contributed by atoms with van der Waals surface area (Å²) in [5, 5.41) is 0. The number of nitrogens with two attached hydrogens (primary N) is 1. The van der Waals surface area contributed by atoms with Crippen LogP contribution in [0.25, 0.3) is 11.4 Å². The first-order valence-electron chi connectivity index (χ1n) is 5.71. The summed E-state index contributed by atoms with van der Waals surface area (Å²) >= 11 is 2.06. The van der Waals surface area contributed by atoms with Gasteiger partial charge in [0, 0.05) is 12.7 Å². The molecule has 5 nitrogen and oxygen atoms in total. The number of nitrogen functional groups attached to an aromatic ring is 1. The van der Waals surface area contributed by atoms with Crippen LogP contribution in [0.3, 0.4) is 0 Å². The SMILES string of the molecule is COCc1nc(-c2ccc(OC)c(F)c2)nc(N)c1I. The predicted octanol–water partition coefficient (Wildman–Crippen LogP) is 2.62. The van der Waals surface area contributed by atoms with E-state index in [9.17, 15) is 4.39 Å². The molecule has 0 aliphatic heterocycles. The minimum Gasteiger partial charge on any atom is -0.494 e. The topological polar surface area (TPSA) is 70.3 Å². The second kappa shape index (κ2) is 6.31. The molecule has 106 valence electrons. The van der Waals surface area contributed by atoms with E-state index in [2.05, 4.69) is 32.6 Å². The lowest BCUT2D eigenvalue weighted by molar-refractivity contribution is 0.181. The Bertz CT molecular complexity index is 637. The number of halogens is 2. The van der Waals surface area contributed by atoms with Gasteiger partial charge in [0.15, 0.2) is 17.4 Å². The van der Waals surface area contributed by atoms with Gasteiger partial charge in [0.25, 0.3) is 0 Å². The Labute approximate surface area is 129 Å². The van der Waals surface area contributed by atoms with Gasteiger partial charge in [-0.25, -0.2) is 14.4 Å². The standard InChI is InChI=1S/C13H13FIN3O2/c1-19-6-9-11(15)12(16)18-13(17-9)7-3-4-10(20-2)8(14)5-7/h3-5H,6H2,1-2H3,(H2,16,17,18). The molecule has 2 rings (SSSR count). The Kier molecular flexibility index (Phi) is 4.71. The number of rotatable bonds is 4. The van der Waals surface area contributed by atoms with Crippen LogP contribution in [-0.2, 0) is 11.3 Å². The number of nitrogens with zero attached hydrogens (tertiary/aromatic N) is 2. The van der Waals surface area contributed by atoms with Crippen LogP contribution in [0.4, 0.5) is 10.2 Å². The van der Waals surface area contributed by atoms with E-state index in [1.54, 1.807) is 13.2 Å². The molecule has 1 aromatic carbocycles. The lowest BCUT2D eigenvalue weighted by atomic mass is 10.2. The summed E-state index contributed by atoms with van der Waals surface area (Å²) in [6.07, 6.45) is 0. The highest BCUT2D eigenvalue weighted by Gasteiger charge is 2.13. The van der Waals surface area contributed by atoms with Crippen molar-refractivity contribution in [3.63, 3.8) is 0 Å². The largest absolute Gasteiger partial charge is 0.494 e. The second-order valence-electron chi connectivity index (χ2n) is 3.98. The van der Waals surface area contributed by atoms with Crippen molar-refractivity contribution < 1.29 is 13.9 Å². The molecule has 0 atom stereocenters. The molecule has 2 N–H and O–H groups in total. The van der Waals surface area contributed by atoms with Crippen molar-refractivity contribution >= 4 is 28.4 Å². The minimum absolute atomic E-state index is 0.171. The van der Waals surface area contributed by atoms with Gasteiger partial charge < -0.3 is 15.2 Å². The van der Waals surface area contributed by atoms with Gasteiger partial charge in [0.05, 0.1) is 23.0 Å². The second-order valence-corrected chi connectivity index (χ2v) is 5.05. The predicted molar refractivity (Wildman–Crippen MR) is 81.8 cm³/mol. The summed E-state index contributed by atoms with van der Waals surface area (Å²) in [4.78, 5) is 8.54. The van der Waals surface area contributed by atoms with E-state index in [-0.39, 0.29) is 5.75 Å². The first kappa shape index (κ1) is 14.9. The number of ether oxygens (including phenoxy) is 2. The average molecular weight is 389 g/mol. The van der Waals surface area contributed by atoms with Crippen molar-refractivity contribution in [3.05, 3.63) is 33.3 Å². The summed E-state index contributed by atoms with van der Waals surface area (Å²) in [6, 6.07) is 4.52. The summed E-state index contributed by atoms with van der Waals surface area (Å²) in [6.45, 7) is 0.316. The molecule has 0 unspecified atom stereocenters. The zero-order chi connectivity index (χ0) is 14.7. The van der Waals surface area contributed by atoms with Crippen LogP contribution in [-0.4, -0.2) is 24.2 Å². The third kappa shape index (κ3) is 2.98. The molecule has 0 spiro atoms. The maximum absolute atomic E-state index is 13.7. The van der Waals surface area contributed by atoms with Crippen LogP contribution in [0.1, 0.15) is 5.69 Å². The molecule has 0 aliphatic rings. The number of aromatic nitrogens is 2. The highest BCUT2D eigenvalue weighted by Crippen LogP contribution is 2.26. The van der Waals surface area contributed by atoms with Crippen LogP contribution >= 0.6 is 22.6 Å². The van der Waals surface area contributed by atoms with Crippen molar-refractivity contribution in [3.8, 4) is 17.1 Å². The van der Waals surface area contributed by atoms with Gasteiger partial charge >= 0.3 is 0 Å². The molecule has 0 radical (unpaired) electrons. The molecule has 2 aromatic rings. The Morgan fingerprint density at radius 1 is 1.30 bits per heavy atom. The monoisotopic (exact) mass is 389 g/mol. The highest BCUT2D eigenvalue weighted by molar-refractivity contribution is 14.1. The van der Waals surface area contributed by atoms with Gasteiger partial charge in [0.1, 0.15) is 5.82 Å². The lowest BCUT2D eigenvalue weighted by Gasteiger charge is -2.09. The van der Waals surface area contributed by atoms with Crippen LogP contribution in [0.5, 0.6) is 5.75 Å². The minimum atomic E-state index is -0.473. The third-order valence-corrected chi connectivity index (χ3v) is 3.81. The van der Waals surface area contributed by atoms with Crippen LogP contribution < -0.4 is 10.5 Å². The molecule has 0 fully saturated rings. The van der Waals surface area contributed by atoms with Crippen LogP contribution in [0.15, 0.2) is 18.2 Å². The quantitative estimate of drug-likeness (QED) is 0.815. The van der Waals surface area contributed by atoms with Crippen molar-refractivity contribution in [1.29, 1.82) is 0 Å². The van der Waals surface area contributed by atoms with Crippen molar-refractivity contribution in [2.75, 3.05) is 20.0 Å². The van der Waals surface area contributed by atoms with E-state index in [0.29, 0.717) is 29.5 Å². The lowest BCUT2D eigenvalue weighted by Crippen LogP contribution is -2.06. The first-order chi connectivity index (χ1) is 9.56. The summed E-state index contributed by atoms with van der Waals surface area (Å²) in [7, 11) is 2.98. The van der Waals surface area contributed by atoms with E-state index in [1.165, 1.54) is 19.2 Å². The Hall–Kier alpha value is -1.48. The van der Waals surface area contributed by atoms with Gasteiger partial charge in [-0.1, -0.05) is 0 Å². The molecule has 20 heavy (non-hydrogen) atoms. The zero-order valence-electron chi connectivity index (χ0n) is 11.0. The van der Waals surface area contributed by atoms with Gasteiger partial charge in [-0.15, -0.1) is 0 Å². The zero-order valence-corrected chi connectivity index (χ0v) is 13.1. The highest BCUT2D eigenvalue weighted by atomic mass is 127. The van der Waals surface area contributed by atoms with Crippen LogP contribution in [0, 0.1) is 9.39 Å². The molecule has 1 aromatic heterocycles. The molecule has 0 saturated carbocycles. The fourth-order valence-corrected chi connectivity index (χ4v) is 2.08. The van der Waals surface area contributed by atoms with Crippen molar-refractivity contribution in [2.24, 2.45) is 0 Å². The van der Waals surface area contributed by atoms with E-state index in [1.807, 2.05) is 0 Å². The van der Waals surface area contributed by atoms with Gasteiger partial charge in [-0.2, -0.15) is 0 Å². The van der Waals surface area contributed by atoms with Gasteiger partial charge in [-0.3, -0.25) is 0 Å². The molecule has 0 aliphatic carbocycles. The first-order valence-corrected chi connectivity index (χ1v) is 6.79. The molecule has 7 heteroatoms. The fraction of sp³-hybridized carbons (Fsp3) is 0.231. The van der Waals surface area contributed by atoms with E-state index >= 15 is 0 Å². The normalized spacial score (nSPS) is 10.6.